The number of benzene rings is 2. The Morgan fingerprint density at radius 2 is 1.67 bits per heavy atom. The fourth-order valence-corrected chi connectivity index (χ4v) is 1.69. The van der Waals surface area contributed by atoms with Gasteiger partial charge in [-0.15, -0.1) is 0 Å². The SMILES string of the molecule is CCc1ccc(C(O)C#Cc2ccccc2)cc1. The van der Waals surface area contributed by atoms with Crippen molar-refractivity contribution in [3.8, 4) is 11.8 Å². The van der Waals surface area contributed by atoms with Crippen molar-refractivity contribution in [2.45, 2.75) is 19.4 Å². The number of aryl methyl sites for hydroxylation is 1. The maximum Gasteiger partial charge on any atom is 0.140 e. The molecule has 1 unspecified atom stereocenters. The number of aliphatic hydroxyl groups is 1. The summed E-state index contributed by atoms with van der Waals surface area (Å²) in [4.78, 5) is 0. The zero-order valence-electron chi connectivity index (χ0n) is 10.4. The van der Waals surface area contributed by atoms with Crippen LogP contribution in [0.4, 0.5) is 0 Å². The van der Waals surface area contributed by atoms with Crippen molar-refractivity contribution >= 4 is 0 Å². The zero-order valence-corrected chi connectivity index (χ0v) is 10.4. The Morgan fingerprint density at radius 3 is 2.28 bits per heavy atom. The average Bonchev–Trinajstić information content (AvgIpc) is 2.46. The summed E-state index contributed by atoms with van der Waals surface area (Å²) >= 11 is 0. The van der Waals surface area contributed by atoms with Gasteiger partial charge in [-0.3, -0.25) is 0 Å². The van der Waals surface area contributed by atoms with Crippen molar-refractivity contribution in [3.05, 3.63) is 71.3 Å². The molecule has 0 aromatic heterocycles. The molecular formula is C17H16O. The van der Waals surface area contributed by atoms with Crippen LogP contribution in [0.1, 0.15) is 29.7 Å². The molecule has 1 N–H and O–H groups in total. The van der Waals surface area contributed by atoms with Crippen molar-refractivity contribution in [1.82, 2.24) is 0 Å². The smallest absolute Gasteiger partial charge is 0.140 e. The third-order valence-corrected chi connectivity index (χ3v) is 2.83. The summed E-state index contributed by atoms with van der Waals surface area (Å²) < 4.78 is 0. The van der Waals surface area contributed by atoms with Crippen molar-refractivity contribution in [2.75, 3.05) is 0 Å². The van der Waals surface area contributed by atoms with Crippen LogP contribution in [0.5, 0.6) is 0 Å². The lowest BCUT2D eigenvalue weighted by Gasteiger charge is -2.04. The second-order valence-corrected chi connectivity index (χ2v) is 4.13. The Hall–Kier alpha value is -2.04. The zero-order chi connectivity index (χ0) is 12.8. The maximum atomic E-state index is 9.97. The molecule has 0 aliphatic rings. The Kier molecular flexibility index (Phi) is 4.17. The van der Waals surface area contributed by atoms with E-state index >= 15 is 0 Å². The van der Waals surface area contributed by atoms with Crippen LogP contribution in [0.3, 0.4) is 0 Å². The Morgan fingerprint density at radius 1 is 1.00 bits per heavy atom. The highest BCUT2D eigenvalue weighted by Crippen LogP contribution is 2.13. The molecule has 0 saturated heterocycles. The highest BCUT2D eigenvalue weighted by molar-refractivity contribution is 5.37. The molecular weight excluding hydrogens is 220 g/mol. The minimum atomic E-state index is -0.726. The maximum absolute atomic E-state index is 9.97. The van der Waals surface area contributed by atoms with Gasteiger partial charge in [0, 0.05) is 5.56 Å². The first-order valence-electron chi connectivity index (χ1n) is 6.13. The molecule has 0 radical (unpaired) electrons. The van der Waals surface area contributed by atoms with Gasteiger partial charge >= 0.3 is 0 Å². The molecule has 1 nitrogen and oxygen atoms in total. The third-order valence-electron chi connectivity index (χ3n) is 2.83. The van der Waals surface area contributed by atoms with E-state index in [0.717, 1.165) is 17.5 Å². The largest absolute Gasteiger partial charge is 0.376 e. The topological polar surface area (TPSA) is 20.2 Å². The molecule has 0 saturated carbocycles. The van der Waals surface area contributed by atoms with Crippen molar-refractivity contribution < 1.29 is 5.11 Å². The Bertz CT molecular complexity index is 544. The van der Waals surface area contributed by atoms with Gasteiger partial charge < -0.3 is 5.11 Å². The van der Waals surface area contributed by atoms with Crippen LogP contribution in [-0.4, -0.2) is 5.11 Å². The third kappa shape index (κ3) is 3.23. The van der Waals surface area contributed by atoms with E-state index in [2.05, 4.69) is 18.8 Å². The molecule has 0 bridgehead atoms. The van der Waals surface area contributed by atoms with Crippen molar-refractivity contribution in [3.63, 3.8) is 0 Å². The molecule has 0 fully saturated rings. The van der Waals surface area contributed by atoms with E-state index in [1.165, 1.54) is 5.56 Å². The van der Waals surface area contributed by atoms with E-state index in [1.54, 1.807) is 0 Å². The molecule has 1 heteroatoms. The second kappa shape index (κ2) is 6.05. The lowest BCUT2D eigenvalue weighted by Crippen LogP contribution is -1.94. The Labute approximate surface area is 108 Å². The van der Waals surface area contributed by atoms with E-state index in [1.807, 2.05) is 54.6 Å². The standard InChI is InChI=1S/C17H16O/c1-2-14-8-11-16(12-9-14)17(18)13-10-15-6-4-3-5-7-15/h3-9,11-12,17-18H,2H2,1H3. The van der Waals surface area contributed by atoms with Gasteiger partial charge in [0.1, 0.15) is 6.10 Å². The quantitative estimate of drug-likeness (QED) is 0.793. The predicted molar refractivity (Wildman–Crippen MR) is 74.1 cm³/mol. The minimum absolute atomic E-state index is 0.726. The monoisotopic (exact) mass is 236 g/mol. The number of hydrogen-bond acceptors (Lipinski definition) is 1. The molecule has 2 aromatic rings. The van der Waals surface area contributed by atoms with Gasteiger partial charge in [-0.05, 0) is 29.7 Å². The number of rotatable bonds is 2. The van der Waals surface area contributed by atoms with Crippen LogP contribution in [-0.2, 0) is 6.42 Å². The highest BCUT2D eigenvalue weighted by atomic mass is 16.3. The van der Waals surface area contributed by atoms with Crippen LogP contribution in [0.15, 0.2) is 54.6 Å². The van der Waals surface area contributed by atoms with Gasteiger partial charge in [-0.1, -0.05) is 61.2 Å². The van der Waals surface area contributed by atoms with Gasteiger partial charge in [-0.25, -0.2) is 0 Å². The molecule has 0 aliphatic heterocycles. The summed E-state index contributed by atoms with van der Waals surface area (Å²) in [6, 6.07) is 17.6. The second-order valence-electron chi connectivity index (χ2n) is 4.13. The lowest BCUT2D eigenvalue weighted by atomic mass is 10.1. The van der Waals surface area contributed by atoms with Crippen LogP contribution in [0, 0.1) is 11.8 Å². The fourth-order valence-electron chi connectivity index (χ4n) is 1.69. The van der Waals surface area contributed by atoms with E-state index in [-0.39, 0.29) is 0 Å². The van der Waals surface area contributed by atoms with Crippen LogP contribution < -0.4 is 0 Å². The molecule has 18 heavy (non-hydrogen) atoms. The van der Waals surface area contributed by atoms with E-state index in [9.17, 15) is 5.11 Å². The van der Waals surface area contributed by atoms with E-state index < -0.39 is 6.10 Å². The number of aliphatic hydroxyl groups excluding tert-OH is 1. The Balaban J connectivity index is 2.12. The summed E-state index contributed by atoms with van der Waals surface area (Å²) in [5.41, 5.74) is 3.03. The summed E-state index contributed by atoms with van der Waals surface area (Å²) in [7, 11) is 0. The predicted octanol–water partition coefficient (Wildman–Crippen LogP) is 3.33. The van der Waals surface area contributed by atoms with Crippen LogP contribution in [0.25, 0.3) is 0 Å². The van der Waals surface area contributed by atoms with Crippen molar-refractivity contribution in [2.24, 2.45) is 0 Å². The van der Waals surface area contributed by atoms with Gasteiger partial charge in [0.05, 0.1) is 0 Å². The molecule has 0 aliphatic carbocycles. The fraction of sp³-hybridized carbons (Fsp3) is 0.176. The minimum Gasteiger partial charge on any atom is -0.376 e. The van der Waals surface area contributed by atoms with Gasteiger partial charge in [-0.2, -0.15) is 0 Å². The van der Waals surface area contributed by atoms with Gasteiger partial charge in [0.25, 0.3) is 0 Å². The molecule has 0 spiro atoms. The number of hydrogen-bond donors (Lipinski definition) is 1. The van der Waals surface area contributed by atoms with Crippen LogP contribution >= 0.6 is 0 Å². The summed E-state index contributed by atoms with van der Waals surface area (Å²) in [6.45, 7) is 2.11. The molecule has 2 aromatic carbocycles. The molecule has 1 atom stereocenters. The summed E-state index contributed by atoms with van der Waals surface area (Å²) in [6.07, 6.45) is 0.280. The van der Waals surface area contributed by atoms with Gasteiger partial charge in [0.2, 0.25) is 0 Å². The summed E-state index contributed by atoms with van der Waals surface area (Å²) in [5, 5.41) is 9.97. The summed E-state index contributed by atoms with van der Waals surface area (Å²) in [5.74, 6) is 5.83. The highest BCUT2D eigenvalue weighted by Gasteiger charge is 2.02. The first-order chi connectivity index (χ1) is 8.79. The van der Waals surface area contributed by atoms with Crippen molar-refractivity contribution in [1.29, 1.82) is 0 Å². The molecule has 90 valence electrons. The normalized spacial score (nSPS) is 11.4. The molecule has 0 amide bonds. The first kappa shape index (κ1) is 12.4. The van der Waals surface area contributed by atoms with E-state index in [0.29, 0.717) is 0 Å². The lowest BCUT2D eigenvalue weighted by molar-refractivity contribution is 0.238. The van der Waals surface area contributed by atoms with E-state index in [4.69, 9.17) is 0 Å². The van der Waals surface area contributed by atoms with Crippen LogP contribution in [0.2, 0.25) is 0 Å². The first-order valence-corrected chi connectivity index (χ1v) is 6.13. The average molecular weight is 236 g/mol. The van der Waals surface area contributed by atoms with Gasteiger partial charge in [0.15, 0.2) is 0 Å². The molecule has 2 rings (SSSR count). The molecule has 0 heterocycles.